The van der Waals surface area contributed by atoms with Gasteiger partial charge in [-0.05, 0) is 35.5 Å². The predicted molar refractivity (Wildman–Crippen MR) is 97.6 cm³/mol. The largest absolute Gasteiger partial charge is 0.465 e. The van der Waals surface area contributed by atoms with E-state index >= 15 is 0 Å². The minimum Gasteiger partial charge on any atom is -0.465 e. The van der Waals surface area contributed by atoms with Gasteiger partial charge in [0.15, 0.2) is 0 Å². The third-order valence-corrected chi connectivity index (χ3v) is 3.51. The van der Waals surface area contributed by atoms with Crippen LogP contribution in [0.25, 0.3) is 0 Å². The van der Waals surface area contributed by atoms with Gasteiger partial charge in [-0.15, -0.1) is 0 Å². The molecular formula is C20H38O4. The second kappa shape index (κ2) is 10.0. The van der Waals surface area contributed by atoms with E-state index in [9.17, 15) is 9.59 Å². The third-order valence-electron chi connectivity index (χ3n) is 3.51. The molecule has 0 fully saturated rings. The second-order valence-electron chi connectivity index (χ2n) is 9.61. The van der Waals surface area contributed by atoms with Crippen molar-refractivity contribution in [3.05, 3.63) is 0 Å². The summed E-state index contributed by atoms with van der Waals surface area (Å²) in [6, 6.07) is 0. The molecule has 2 unspecified atom stereocenters. The standard InChI is InChI=1S/C20H38O4/c1-15(11-19(3,4)5)13-23-17(21)9-10-18(22)24-14-16(2)12-20(6,7)8/h15-16H,9-14H2,1-8H3. The lowest BCUT2D eigenvalue weighted by Gasteiger charge is -2.23. The minimum absolute atomic E-state index is 0.0920. The summed E-state index contributed by atoms with van der Waals surface area (Å²) in [4.78, 5) is 23.4. The zero-order chi connectivity index (χ0) is 19.0. The Balaban J connectivity index is 3.88. The van der Waals surface area contributed by atoms with E-state index in [0.29, 0.717) is 25.0 Å². The van der Waals surface area contributed by atoms with Crippen LogP contribution in [0.15, 0.2) is 0 Å². The molecule has 0 spiro atoms. The number of hydrogen-bond acceptors (Lipinski definition) is 4. The van der Waals surface area contributed by atoms with Crippen LogP contribution in [0.3, 0.4) is 0 Å². The fourth-order valence-electron chi connectivity index (χ4n) is 3.03. The molecule has 4 nitrogen and oxygen atoms in total. The highest BCUT2D eigenvalue weighted by Gasteiger charge is 2.18. The maximum atomic E-state index is 11.7. The Bertz CT molecular complexity index is 349. The summed E-state index contributed by atoms with van der Waals surface area (Å²) in [6.45, 7) is 18.0. The van der Waals surface area contributed by atoms with E-state index in [1.54, 1.807) is 0 Å². The van der Waals surface area contributed by atoms with Gasteiger partial charge in [-0.2, -0.15) is 0 Å². The maximum Gasteiger partial charge on any atom is 0.306 e. The molecule has 0 aromatic heterocycles. The first-order chi connectivity index (χ1) is 10.8. The Morgan fingerprint density at radius 1 is 0.708 bits per heavy atom. The van der Waals surface area contributed by atoms with Crippen LogP contribution in [0, 0.1) is 22.7 Å². The Labute approximate surface area is 148 Å². The lowest BCUT2D eigenvalue weighted by Crippen LogP contribution is -2.19. The molecule has 0 radical (unpaired) electrons. The van der Waals surface area contributed by atoms with Crippen molar-refractivity contribution in [3.63, 3.8) is 0 Å². The first kappa shape index (κ1) is 22.9. The lowest BCUT2D eigenvalue weighted by molar-refractivity contribution is -0.151. The molecule has 0 N–H and O–H groups in total. The minimum atomic E-state index is -0.324. The molecule has 0 bridgehead atoms. The molecule has 0 aromatic carbocycles. The van der Waals surface area contributed by atoms with E-state index in [4.69, 9.17) is 9.47 Å². The summed E-state index contributed by atoms with van der Waals surface area (Å²) >= 11 is 0. The smallest absolute Gasteiger partial charge is 0.306 e. The second-order valence-corrected chi connectivity index (χ2v) is 9.61. The van der Waals surface area contributed by atoms with Gasteiger partial charge in [-0.25, -0.2) is 0 Å². The van der Waals surface area contributed by atoms with Gasteiger partial charge < -0.3 is 9.47 Å². The summed E-state index contributed by atoms with van der Waals surface area (Å²) in [5, 5.41) is 0. The molecule has 4 heteroatoms. The van der Waals surface area contributed by atoms with Crippen molar-refractivity contribution in [1.29, 1.82) is 0 Å². The molecule has 2 atom stereocenters. The Morgan fingerprint density at radius 2 is 1.00 bits per heavy atom. The quantitative estimate of drug-likeness (QED) is 0.553. The van der Waals surface area contributed by atoms with Gasteiger partial charge >= 0.3 is 11.9 Å². The zero-order valence-corrected chi connectivity index (χ0v) is 17.0. The van der Waals surface area contributed by atoms with Gasteiger partial charge in [0.05, 0.1) is 26.1 Å². The summed E-state index contributed by atoms with van der Waals surface area (Å²) in [5.41, 5.74) is 0.443. The van der Waals surface area contributed by atoms with E-state index in [1.165, 1.54) is 0 Å². The molecule has 24 heavy (non-hydrogen) atoms. The van der Waals surface area contributed by atoms with Gasteiger partial charge in [-0.3, -0.25) is 9.59 Å². The Morgan fingerprint density at radius 3 is 1.25 bits per heavy atom. The van der Waals surface area contributed by atoms with Crippen LogP contribution in [0.1, 0.15) is 81.1 Å². The highest BCUT2D eigenvalue weighted by molar-refractivity contribution is 5.77. The number of esters is 2. The number of hydrogen-bond donors (Lipinski definition) is 0. The molecule has 0 aliphatic heterocycles. The van der Waals surface area contributed by atoms with Crippen molar-refractivity contribution in [2.24, 2.45) is 22.7 Å². The molecule has 0 saturated heterocycles. The van der Waals surface area contributed by atoms with Gasteiger partial charge in [0.2, 0.25) is 0 Å². The lowest BCUT2D eigenvalue weighted by atomic mass is 9.86. The van der Waals surface area contributed by atoms with Crippen LogP contribution in [-0.4, -0.2) is 25.2 Å². The number of carbonyl (C=O) groups excluding carboxylic acids is 2. The van der Waals surface area contributed by atoms with Crippen molar-refractivity contribution in [2.45, 2.75) is 81.1 Å². The predicted octanol–water partition coefficient (Wildman–Crippen LogP) is 5.00. The van der Waals surface area contributed by atoms with Gasteiger partial charge in [0.1, 0.15) is 0 Å². The summed E-state index contributed by atoms with van der Waals surface area (Å²) in [5.74, 6) is -0.0100. The third kappa shape index (κ3) is 14.5. The Hall–Kier alpha value is -1.06. The van der Waals surface area contributed by atoms with E-state index in [2.05, 4.69) is 55.4 Å². The first-order valence-electron chi connectivity index (χ1n) is 9.10. The number of carbonyl (C=O) groups is 2. The average molecular weight is 343 g/mol. The van der Waals surface area contributed by atoms with Crippen LogP contribution in [-0.2, 0) is 19.1 Å². The highest BCUT2D eigenvalue weighted by atomic mass is 16.5. The maximum absolute atomic E-state index is 11.7. The molecule has 0 aliphatic rings. The fourth-order valence-corrected chi connectivity index (χ4v) is 3.03. The molecule has 0 heterocycles. The van der Waals surface area contributed by atoms with Crippen molar-refractivity contribution < 1.29 is 19.1 Å². The van der Waals surface area contributed by atoms with Crippen LogP contribution < -0.4 is 0 Å². The molecule has 0 amide bonds. The molecule has 142 valence electrons. The summed E-state index contributed by atoms with van der Waals surface area (Å²) < 4.78 is 10.5. The van der Waals surface area contributed by atoms with Gasteiger partial charge in [-0.1, -0.05) is 55.4 Å². The topological polar surface area (TPSA) is 52.6 Å². The SMILES string of the molecule is CC(COC(=O)CCC(=O)OCC(C)CC(C)(C)C)CC(C)(C)C. The van der Waals surface area contributed by atoms with Crippen molar-refractivity contribution in [3.8, 4) is 0 Å². The van der Waals surface area contributed by atoms with Crippen LogP contribution in [0.4, 0.5) is 0 Å². The van der Waals surface area contributed by atoms with E-state index in [0.717, 1.165) is 12.8 Å². The normalized spacial score (nSPS) is 14.8. The molecule has 0 rings (SSSR count). The molecule has 0 saturated carbocycles. The van der Waals surface area contributed by atoms with E-state index < -0.39 is 0 Å². The van der Waals surface area contributed by atoms with Gasteiger partial charge in [0.25, 0.3) is 0 Å². The Kier molecular flexibility index (Phi) is 9.61. The van der Waals surface area contributed by atoms with Crippen LogP contribution >= 0.6 is 0 Å². The van der Waals surface area contributed by atoms with E-state index in [1.807, 2.05) is 0 Å². The fraction of sp³-hybridized carbons (Fsp3) is 0.900. The van der Waals surface area contributed by atoms with Crippen LogP contribution in [0.5, 0.6) is 0 Å². The monoisotopic (exact) mass is 342 g/mol. The molecular weight excluding hydrogens is 304 g/mol. The molecule has 0 aliphatic carbocycles. The summed E-state index contributed by atoms with van der Waals surface area (Å²) in [6.07, 6.45) is 2.17. The number of ether oxygens (including phenoxy) is 2. The average Bonchev–Trinajstić information content (AvgIpc) is 2.36. The van der Waals surface area contributed by atoms with Gasteiger partial charge in [0, 0.05) is 0 Å². The van der Waals surface area contributed by atoms with Crippen molar-refractivity contribution in [2.75, 3.05) is 13.2 Å². The van der Waals surface area contributed by atoms with Crippen molar-refractivity contribution in [1.82, 2.24) is 0 Å². The number of rotatable bonds is 9. The first-order valence-corrected chi connectivity index (χ1v) is 9.10. The molecule has 0 aromatic rings. The zero-order valence-electron chi connectivity index (χ0n) is 17.0. The summed E-state index contributed by atoms with van der Waals surface area (Å²) in [7, 11) is 0. The van der Waals surface area contributed by atoms with Crippen molar-refractivity contribution >= 4 is 11.9 Å². The van der Waals surface area contributed by atoms with E-state index in [-0.39, 0.29) is 35.6 Å². The highest BCUT2D eigenvalue weighted by Crippen LogP contribution is 2.25. The van der Waals surface area contributed by atoms with Crippen LogP contribution in [0.2, 0.25) is 0 Å².